The van der Waals surface area contributed by atoms with Crippen molar-refractivity contribution in [3.05, 3.63) is 45.9 Å². The van der Waals surface area contributed by atoms with Crippen molar-refractivity contribution in [1.82, 2.24) is 14.8 Å². The molecule has 0 aliphatic carbocycles. The van der Waals surface area contributed by atoms with Gasteiger partial charge in [-0.15, -0.1) is 10.2 Å². The van der Waals surface area contributed by atoms with Gasteiger partial charge >= 0.3 is 0 Å². The van der Waals surface area contributed by atoms with Gasteiger partial charge in [0.15, 0.2) is 0 Å². The molecule has 25 heavy (non-hydrogen) atoms. The number of nitrogens with two attached hydrogens (primary N) is 1. The van der Waals surface area contributed by atoms with E-state index in [1.807, 2.05) is 36.6 Å². The molecule has 0 saturated heterocycles. The van der Waals surface area contributed by atoms with Crippen LogP contribution in [0.2, 0.25) is 0 Å². The summed E-state index contributed by atoms with van der Waals surface area (Å²) in [5.74, 6) is 1.16. The number of rotatable bonds is 6. The summed E-state index contributed by atoms with van der Waals surface area (Å²) in [5.41, 5.74) is 8.81. The van der Waals surface area contributed by atoms with Gasteiger partial charge in [-0.1, -0.05) is 15.9 Å². The van der Waals surface area contributed by atoms with E-state index in [-0.39, 0.29) is 12.5 Å². The van der Waals surface area contributed by atoms with E-state index in [0.29, 0.717) is 30.5 Å². The van der Waals surface area contributed by atoms with E-state index in [1.165, 1.54) is 0 Å². The van der Waals surface area contributed by atoms with Gasteiger partial charge in [-0.05, 0) is 37.6 Å². The lowest BCUT2D eigenvalue weighted by atomic mass is 10.2. The van der Waals surface area contributed by atoms with Crippen molar-refractivity contribution in [3.63, 3.8) is 0 Å². The molecule has 0 atom stereocenters. The minimum Gasteiger partial charge on any atom is -0.490 e. The summed E-state index contributed by atoms with van der Waals surface area (Å²) >= 11 is 3.50. The Kier molecular flexibility index (Phi) is 5.22. The quantitative estimate of drug-likeness (QED) is 0.653. The molecule has 0 fully saturated rings. The molecule has 8 heteroatoms. The molecule has 0 aliphatic rings. The third-order valence-corrected chi connectivity index (χ3v) is 4.12. The summed E-state index contributed by atoms with van der Waals surface area (Å²) in [6, 6.07) is 9.00. The fourth-order valence-electron chi connectivity index (χ4n) is 2.65. The van der Waals surface area contributed by atoms with Crippen molar-refractivity contribution in [3.8, 4) is 23.0 Å². The van der Waals surface area contributed by atoms with Gasteiger partial charge in [-0.3, -0.25) is 0 Å². The first-order chi connectivity index (χ1) is 12.0. The average molecular weight is 406 g/mol. The molecule has 0 saturated carbocycles. The first-order valence-corrected chi connectivity index (χ1v) is 8.52. The number of hydrogen-bond acceptors (Lipinski definition) is 6. The molecule has 0 unspecified atom stereocenters. The maximum Gasteiger partial charge on any atom is 0.265 e. The zero-order chi connectivity index (χ0) is 18.0. The SMILES string of the molecule is Cc1[c]c(C)n(-c2cc(Br)ccc2OCCN)c1-c1nnc(CO)o1. The Morgan fingerprint density at radius 3 is 2.84 bits per heavy atom. The van der Waals surface area contributed by atoms with Crippen LogP contribution in [0, 0.1) is 19.9 Å². The van der Waals surface area contributed by atoms with Gasteiger partial charge in [0.2, 0.25) is 5.89 Å². The van der Waals surface area contributed by atoms with E-state index < -0.39 is 0 Å². The second kappa shape index (κ2) is 7.38. The molecule has 2 aromatic heterocycles. The lowest BCUT2D eigenvalue weighted by Gasteiger charge is -2.16. The molecule has 1 aromatic carbocycles. The standard InChI is InChI=1S/C17H18BrN4O3/c1-10-7-11(2)22(16(10)17-21-20-15(9-23)25-17)13-8-12(18)3-4-14(13)24-6-5-19/h3-4,8,23H,5-6,9,19H2,1-2H3. The van der Waals surface area contributed by atoms with Gasteiger partial charge in [-0.2, -0.15) is 0 Å². The minimum atomic E-state index is -0.308. The van der Waals surface area contributed by atoms with Crippen LogP contribution in [-0.4, -0.2) is 33.0 Å². The third kappa shape index (κ3) is 3.46. The van der Waals surface area contributed by atoms with Crippen LogP contribution in [0.25, 0.3) is 17.3 Å². The summed E-state index contributed by atoms with van der Waals surface area (Å²) in [7, 11) is 0. The minimum absolute atomic E-state index is 0.161. The van der Waals surface area contributed by atoms with Crippen LogP contribution < -0.4 is 10.5 Å². The number of benzene rings is 1. The monoisotopic (exact) mass is 405 g/mol. The van der Waals surface area contributed by atoms with Crippen molar-refractivity contribution < 1.29 is 14.3 Å². The van der Waals surface area contributed by atoms with Crippen molar-refractivity contribution in [2.24, 2.45) is 5.73 Å². The Hall–Kier alpha value is -2.16. The zero-order valence-corrected chi connectivity index (χ0v) is 15.5. The zero-order valence-electron chi connectivity index (χ0n) is 13.9. The number of nitrogens with zero attached hydrogens (tertiary/aromatic N) is 3. The summed E-state index contributed by atoms with van der Waals surface area (Å²) in [6.45, 7) is 4.37. The number of aromatic nitrogens is 3. The van der Waals surface area contributed by atoms with Crippen LogP contribution in [0.5, 0.6) is 5.75 Å². The van der Waals surface area contributed by atoms with E-state index in [9.17, 15) is 5.11 Å². The molecule has 3 aromatic rings. The number of aliphatic hydroxyl groups excluding tert-OH is 1. The normalized spacial score (nSPS) is 11.1. The topological polar surface area (TPSA) is 99.3 Å². The summed E-state index contributed by atoms with van der Waals surface area (Å²) in [6.07, 6.45) is 0. The predicted molar refractivity (Wildman–Crippen MR) is 95.5 cm³/mol. The first kappa shape index (κ1) is 17.7. The molecule has 0 bridgehead atoms. The number of aryl methyl sites for hydroxylation is 2. The molecular formula is C17H18BrN4O3. The van der Waals surface area contributed by atoms with E-state index >= 15 is 0 Å². The van der Waals surface area contributed by atoms with Crippen LogP contribution in [-0.2, 0) is 6.61 Å². The second-order valence-electron chi connectivity index (χ2n) is 5.43. The molecule has 2 heterocycles. The highest BCUT2D eigenvalue weighted by atomic mass is 79.9. The van der Waals surface area contributed by atoms with Crippen LogP contribution in [0.15, 0.2) is 27.1 Å². The Morgan fingerprint density at radius 2 is 2.16 bits per heavy atom. The molecular weight excluding hydrogens is 388 g/mol. The van der Waals surface area contributed by atoms with E-state index in [4.69, 9.17) is 14.9 Å². The molecule has 7 nitrogen and oxygen atoms in total. The molecule has 0 amide bonds. The fourth-order valence-corrected chi connectivity index (χ4v) is 3.00. The highest BCUT2D eigenvalue weighted by Crippen LogP contribution is 2.34. The Bertz CT molecular complexity index is 888. The van der Waals surface area contributed by atoms with Crippen LogP contribution >= 0.6 is 15.9 Å². The van der Waals surface area contributed by atoms with Crippen LogP contribution in [0.4, 0.5) is 0 Å². The first-order valence-electron chi connectivity index (χ1n) is 7.72. The van der Waals surface area contributed by atoms with Gasteiger partial charge < -0.3 is 24.6 Å². The van der Waals surface area contributed by atoms with Crippen molar-refractivity contribution in [2.45, 2.75) is 20.5 Å². The van der Waals surface area contributed by atoms with E-state index in [0.717, 1.165) is 21.4 Å². The summed E-state index contributed by atoms with van der Waals surface area (Å²) in [4.78, 5) is 0. The number of hydrogen-bond donors (Lipinski definition) is 2. The summed E-state index contributed by atoms with van der Waals surface area (Å²) < 4.78 is 14.2. The van der Waals surface area contributed by atoms with E-state index in [1.54, 1.807) is 0 Å². The highest BCUT2D eigenvalue weighted by Gasteiger charge is 2.21. The number of ether oxygens (including phenoxy) is 1. The fraction of sp³-hybridized carbons (Fsp3) is 0.294. The molecule has 1 radical (unpaired) electrons. The van der Waals surface area contributed by atoms with Gasteiger partial charge in [0.25, 0.3) is 5.89 Å². The van der Waals surface area contributed by atoms with Gasteiger partial charge in [0, 0.05) is 22.8 Å². The van der Waals surface area contributed by atoms with Gasteiger partial charge in [0.1, 0.15) is 24.7 Å². The highest BCUT2D eigenvalue weighted by molar-refractivity contribution is 9.10. The lowest BCUT2D eigenvalue weighted by Crippen LogP contribution is -2.12. The smallest absolute Gasteiger partial charge is 0.265 e. The Balaban J connectivity index is 2.19. The number of aliphatic hydroxyl groups is 1. The van der Waals surface area contributed by atoms with E-state index in [2.05, 4.69) is 32.2 Å². The van der Waals surface area contributed by atoms with Crippen LogP contribution in [0.1, 0.15) is 17.1 Å². The number of halogens is 1. The molecule has 131 valence electrons. The maximum atomic E-state index is 9.19. The van der Waals surface area contributed by atoms with Crippen molar-refractivity contribution in [2.75, 3.05) is 13.2 Å². The largest absolute Gasteiger partial charge is 0.490 e. The molecule has 3 rings (SSSR count). The average Bonchev–Trinajstić information content (AvgIpc) is 3.17. The Labute approximate surface area is 153 Å². The molecule has 0 aliphatic heterocycles. The Morgan fingerprint density at radius 1 is 1.36 bits per heavy atom. The van der Waals surface area contributed by atoms with Gasteiger partial charge in [0.05, 0.1) is 5.69 Å². The third-order valence-electron chi connectivity index (χ3n) is 3.62. The van der Waals surface area contributed by atoms with Crippen molar-refractivity contribution in [1.29, 1.82) is 0 Å². The molecule has 3 N–H and O–H groups in total. The predicted octanol–water partition coefficient (Wildman–Crippen LogP) is 2.54. The van der Waals surface area contributed by atoms with Gasteiger partial charge in [-0.25, -0.2) is 0 Å². The van der Waals surface area contributed by atoms with Crippen LogP contribution in [0.3, 0.4) is 0 Å². The summed E-state index contributed by atoms with van der Waals surface area (Å²) in [5, 5.41) is 17.1. The maximum absolute atomic E-state index is 9.19. The van der Waals surface area contributed by atoms with Crippen molar-refractivity contribution >= 4 is 15.9 Å². The molecule has 0 spiro atoms. The lowest BCUT2D eigenvalue weighted by molar-refractivity contribution is 0.241. The second-order valence-corrected chi connectivity index (χ2v) is 6.34.